The number of hydrogen-bond donors (Lipinski definition) is 1. The summed E-state index contributed by atoms with van der Waals surface area (Å²) in [6.45, 7) is 2.49. The van der Waals surface area contributed by atoms with Crippen molar-refractivity contribution >= 4 is 16.7 Å². The van der Waals surface area contributed by atoms with E-state index in [9.17, 15) is 5.11 Å². The second kappa shape index (κ2) is 2.50. The molecule has 2 nitrogen and oxygen atoms in total. The number of nitrogens with zero attached hydrogens (tertiary/aromatic N) is 1. The van der Waals surface area contributed by atoms with E-state index >= 15 is 0 Å². The van der Waals surface area contributed by atoms with Crippen molar-refractivity contribution in [1.29, 1.82) is 0 Å². The van der Waals surface area contributed by atoms with Crippen LogP contribution in [0.25, 0.3) is 0 Å². The van der Waals surface area contributed by atoms with Crippen LogP contribution in [0, 0.1) is 11.8 Å². The molecule has 0 bridgehead atoms. The summed E-state index contributed by atoms with van der Waals surface area (Å²) in [7, 11) is 0. The third kappa shape index (κ3) is 1.02. The van der Waals surface area contributed by atoms with Crippen molar-refractivity contribution in [2.45, 2.75) is 18.9 Å². The van der Waals surface area contributed by atoms with Crippen molar-refractivity contribution in [3.05, 3.63) is 0 Å². The molecule has 1 aliphatic carbocycles. The molecule has 3 atom stereocenters. The minimum absolute atomic E-state index is 0.0392. The zero-order chi connectivity index (χ0) is 7.14. The molecule has 1 saturated heterocycles. The number of aliphatic hydroxyl groups excluding tert-OH is 1. The third-order valence-electron chi connectivity index (χ3n) is 3.00. The number of rotatable bonds is 0. The predicted molar refractivity (Wildman–Crippen MR) is 43.7 cm³/mol. The zero-order valence-electron chi connectivity index (χ0n) is 6.45. The molecule has 2 rings (SSSR count). The molecule has 1 aliphatic heterocycles. The van der Waals surface area contributed by atoms with Gasteiger partial charge in [0.15, 0.2) is 0 Å². The standard InChI is InChI=1S/C7H15GeNO/c8-9-3-5-1-2-7(10)6(5)4-9/h5-7,10H,1-4H2,8H3. The van der Waals surface area contributed by atoms with Gasteiger partial charge >= 0.3 is 69.6 Å². The van der Waals surface area contributed by atoms with Gasteiger partial charge in [0.2, 0.25) is 0 Å². The Morgan fingerprint density at radius 2 is 2.10 bits per heavy atom. The third-order valence-corrected chi connectivity index (χ3v) is 4.53. The van der Waals surface area contributed by atoms with E-state index in [1.807, 2.05) is 0 Å². The fraction of sp³-hybridized carbons (Fsp3) is 1.00. The summed E-state index contributed by atoms with van der Waals surface area (Å²) in [5.41, 5.74) is 0. The van der Waals surface area contributed by atoms with Crippen LogP contribution in [0.1, 0.15) is 12.8 Å². The van der Waals surface area contributed by atoms with E-state index in [1.54, 1.807) is 0 Å². The Morgan fingerprint density at radius 3 is 2.80 bits per heavy atom. The molecule has 1 heterocycles. The van der Waals surface area contributed by atoms with Gasteiger partial charge in [-0.05, 0) is 0 Å². The van der Waals surface area contributed by atoms with E-state index in [-0.39, 0.29) is 6.10 Å². The molecule has 2 aliphatic rings. The summed E-state index contributed by atoms with van der Waals surface area (Å²) < 4.78 is 2.52. The van der Waals surface area contributed by atoms with Crippen LogP contribution >= 0.6 is 0 Å². The van der Waals surface area contributed by atoms with E-state index in [4.69, 9.17) is 0 Å². The maximum atomic E-state index is 9.51. The Labute approximate surface area is 70.0 Å². The normalized spacial score (nSPS) is 48.3. The van der Waals surface area contributed by atoms with Gasteiger partial charge in [-0.15, -0.1) is 0 Å². The Kier molecular flexibility index (Phi) is 1.78. The van der Waals surface area contributed by atoms with Gasteiger partial charge in [0.1, 0.15) is 0 Å². The average Bonchev–Trinajstić information content (AvgIpc) is 2.35. The fourth-order valence-corrected chi connectivity index (χ4v) is 4.33. The van der Waals surface area contributed by atoms with Gasteiger partial charge in [0.05, 0.1) is 0 Å². The van der Waals surface area contributed by atoms with Gasteiger partial charge < -0.3 is 0 Å². The first-order valence-corrected chi connectivity index (χ1v) is 6.01. The van der Waals surface area contributed by atoms with Crippen LogP contribution in [0.5, 0.6) is 0 Å². The topological polar surface area (TPSA) is 23.5 Å². The van der Waals surface area contributed by atoms with Crippen LogP contribution in [-0.4, -0.2) is 44.9 Å². The van der Waals surface area contributed by atoms with Crippen LogP contribution in [0.15, 0.2) is 0 Å². The van der Waals surface area contributed by atoms with Gasteiger partial charge in [-0.2, -0.15) is 0 Å². The number of aliphatic hydroxyl groups is 1. The molecule has 1 N–H and O–H groups in total. The molecule has 10 heavy (non-hydrogen) atoms. The Morgan fingerprint density at radius 1 is 1.30 bits per heavy atom. The van der Waals surface area contributed by atoms with E-state index in [1.165, 1.54) is 19.5 Å². The zero-order valence-corrected chi connectivity index (χ0v) is 10.7. The fourth-order valence-electron chi connectivity index (χ4n) is 2.46. The first kappa shape index (κ1) is 7.13. The van der Waals surface area contributed by atoms with Crippen molar-refractivity contribution in [1.82, 2.24) is 3.86 Å². The molecule has 1 saturated carbocycles. The average molecular weight is 202 g/mol. The van der Waals surface area contributed by atoms with Gasteiger partial charge in [-0.1, -0.05) is 0 Å². The van der Waals surface area contributed by atoms with Gasteiger partial charge in [-0.3, -0.25) is 0 Å². The van der Waals surface area contributed by atoms with Crippen molar-refractivity contribution < 1.29 is 5.11 Å². The molecule has 0 aromatic rings. The number of hydrogen-bond acceptors (Lipinski definition) is 2. The summed E-state index contributed by atoms with van der Waals surface area (Å²) in [5.74, 6) is 1.50. The van der Waals surface area contributed by atoms with Crippen LogP contribution < -0.4 is 0 Å². The molecule has 3 heteroatoms. The van der Waals surface area contributed by atoms with Crippen LogP contribution in [0.4, 0.5) is 0 Å². The summed E-state index contributed by atoms with van der Waals surface area (Å²) in [4.78, 5) is 0. The molecule has 58 valence electrons. The Hall–Kier alpha value is 0.463. The molecule has 3 unspecified atom stereocenters. The second-order valence-corrected chi connectivity index (χ2v) is 6.44. The number of fused-ring (bicyclic) bond motifs is 1. The molecular weight excluding hydrogens is 187 g/mol. The minimum atomic E-state index is 0.0392. The van der Waals surface area contributed by atoms with Crippen molar-refractivity contribution in [3.63, 3.8) is 0 Å². The quantitative estimate of drug-likeness (QED) is 0.507. The summed E-state index contributed by atoms with van der Waals surface area (Å²) in [5, 5.41) is 9.51. The molecule has 0 amide bonds. The van der Waals surface area contributed by atoms with E-state index in [2.05, 4.69) is 3.86 Å². The van der Waals surface area contributed by atoms with Crippen LogP contribution in [-0.2, 0) is 0 Å². The molecule has 0 aromatic heterocycles. The summed E-state index contributed by atoms with van der Waals surface area (Å²) >= 11 is 0.844. The van der Waals surface area contributed by atoms with Crippen molar-refractivity contribution in [3.8, 4) is 0 Å². The first-order valence-electron chi connectivity index (χ1n) is 4.14. The summed E-state index contributed by atoms with van der Waals surface area (Å²) in [6, 6.07) is 0. The molecule has 2 fully saturated rings. The summed E-state index contributed by atoms with van der Waals surface area (Å²) in [6.07, 6.45) is 2.38. The maximum absolute atomic E-state index is 9.51. The van der Waals surface area contributed by atoms with Gasteiger partial charge in [-0.25, -0.2) is 0 Å². The van der Waals surface area contributed by atoms with Crippen LogP contribution in [0.2, 0.25) is 0 Å². The van der Waals surface area contributed by atoms with E-state index in [0.29, 0.717) is 5.92 Å². The van der Waals surface area contributed by atoms with Gasteiger partial charge in [0, 0.05) is 0 Å². The molecule has 0 spiro atoms. The molecule has 0 radical (unpaired) electrons. The predicted octanol–water partition coefficient (Wildman–Crippen LogP) is -1.03. The Balaban J connectivity index is 2.05. The SMILES string of the molecule is OC1CCC2C[N]([GeH3])CC12. The van der Waals surface area contributed by atoms with Gasteiger partial charge in [0.25, 0.3) is 0 Å². The second-order valence-electron chi connectivity index (χ2n) is 3.79. The monoisotopic (exact) mass is 203 g/mol. The van der Waals surface area contributed by atoms with E-state index < -0.39 is 0 Å². The molecular formula is C7H15GeNO. The Bertz CT molecular complexity index is 142. The van der Waals surface area contributed by atoms with E-state index in [0.717, 1.165) is 29.1 Å². The van der Waals surface area contributed by atoms with Crippen molar-refractivity contribution in [2.75, 3.05) is 13.1 Å². The first-order chi connectivity index (χ1) is 4.77. The molecule has 0 aromatic carbocycles. The van der Waals surface area contributed by atoms with Crippen LogP contribution in [0.3, 0.4) is 0 Å². The van der Waals surface area contributed by atoms with Crippen molar-refractivity contribution in [2.24, 2.45) is 11.8 Å².